The summed E-state index contributed by atoms with van der Waals surface area (Å²) in [6, 6.07) is 13.0. The molecule has 2 heterocycles. The van der Waals surface area contributed by atoms with Crippen molar-refractivity contribution in [2.24, 2.45) is 0 Å². The minimum atomic E-state index is -0.253. The molecule has 0 aliphatic rings. The molecule has 0 N–H and O–H groups in total. The van der Waals surface area contributed by atoms with Gasteiger partial charge in [-0.15, -0.1) is 0 Å². The van der Waals surface area contributed by atoms with Crippen molar-refractivity contribution in [3.05, 3.63) is 59.1 Å². The van der Waals surface area contributed by atoms with E-state index in [-0.39, 0.29) is 18.1 Å². The lowest BCUT2D eigenvalue weighted by Gasteiger charge is -2.16. The molecular weight excluding hydrogens is 316 g/mol. The molecule has 3 aromatic rings. The fourth-order valence-corrected chi connectivity index (χ4v) is 2.82. The van der Waals surface area contributed by atoms with Crippen LogP contribution in [0.25, 0.3) is 16.9 Å². The Morgan fingerprint density at radius 3 is 2.64 bits per heavy atom. The van der Waals surface area contributed by atoms with Crippen LogP contribution in [0, 0.1) is 0 Å². The zero-order valence-electron chi connectivity index (χ0n) is 14.6. The maximum atomic E-state index is 13.0. The van der Waals surface area contributed by atoms with Crippen LogP contribution >= 0.6 is 0 Å². The van der Waals surface area contributed by atoms with Gasteiger partial charge in [-0.3, -0.25) is 9.36 Å². The van der Waals surface area contributed by atoms with Crippen molar-refractivity contribution in [1.29, 1.82) is 0 Å². The lowest BCUT2D eigenvalue weighted by Crippen LogP contribution is -2.34. The molecule has 2 aromatic heterocycles. The average Bonchev–Trinajstić information content (AvgIpc) is 2.92. The van der Waals surface area contributed by atoms with Gasteiger partial charge in [0.1, 0.15) is 6.54 Å². The standard InChI is InChI=1S/C19H22N4O2/c1-3-4-13-21(2)17(24)14-22-16-11-8-12-20-18(16)23(19(22)25)15-9-6-5-7-10-15/h5-12H,3-4,13-14H2,1-2H3. The SMILES string of the molecule is CCCCN(C)C(=O)Cn1c(=O)n(-c2ccccc2)c2ncccc21. The minimum Gasteiger partial charge on any atom is -0.344 e. The van der Waals surface area contributed by atoms with Crippen LogP contribution in [0.2, 0.25) is 0 Å². The van der Waals surface area contributed by atoms with Crippen molar-refractivity contribution >= 4 is 17.1 Å². The number of rotatable bonds is 6. The zero-order valence-corrected chi connectivity index (χ0v) is 14.6. The van der Waals surface area contributed by atoms with Gasteiger partial charge in [0.25, 0.3) is 0 Å². The number of carbonyl (C=O) groups excluding carboxylic acids is 1. The maximum Gasteiger partial charge on any atom is 0.335 e. The molecular formula is C19H22N4O2. The van der Waals surface area contributed by atoms with E-state index in [9.17, 15) is 9.59 Å². The summed E-state index contributed by atoms with van der Waals surface area (Å²) in [6.07, 6.45) is 3.63. The van der Waals surface area contributed by atoms with E-state index in [4.69, 9.17) is 0 Å². The van der Waals surface area contributed by atoms with Gasteiger partial charge in [-0.05, 0) is 30.7 Å². The summed E-state index contributed by atoms with van der Waals surface area (Å²) in [7, 11) is 1.78. The molecule has 25 heavy (non-hydrogen) atoms. The summed E-state index contributed by atoms with van der Waals surface area (Å²) >= 11 is 0. The van der Waals surface area contributed by atoms with Gasteiger partial charge in [0.2, 0.25) is 5.91 Å². The van der Waals surface area contributed by atoms with Gasteiger partial charge in [0.15, 0.2) is 5.65 Å². The Hall–Kier alpha value is -2.89. The third-order valence-corrected chi connectivity index (χ3v) is 4.27. The second-order valence-corrected chi connectivity index (χ2v) is 6.05. The van der Waals surface area contributed by atoms with Crippen molar-refractivity contribution in [1.82, 2.24) is 19.0 Å². The second kappa shape index (κ2) is 7.34. The van der Waals surface area contributed by atoms with Crippen LogP contribution in [0.3, 0.4) is 0 Å². The number of pyridine rings is 1. The van der Waals surface area contributed by atoms with E-state index in [0.717, 1.165) is 18.5 Å². The number of likely N-dealkylation sites (N-methyl/N-ethyl adjacent to an activating group) is 1. The summed E-state index contributed by atoms with van der Waals surface area (Å²) in [5.41, 5.74) is 1.70. The number of unbranched alkanes of at least 4 members (excludes halogenated alkanes) is 1. The van der Waals surface area contributed by atoms with Gasteiger partial charge in [-0.25, -0.2) is 14.3 Å². The fraction of sp³-hybridized carbons (Fsp3) is 0.316. The van der Waals surface area contributed by atoms with E-state index in [1.165, 1.54) is 4.57 Å². The van der Waals surface area contributed by atoms with Gasteiger partial charge >= 0.3 is 5.69 Å². The Labute approximate surface area is 146 Å². The molecule has 0 radical (unpaired) electrons. The molecule has 0 saturated carbocycles. The number of fused-ring (bicyclic) bond motifs is 1. The number of carbonyl (C=O) groups is 1. The molecule has 0 saturated heterocycles. The van der Waals surface area contributed by atoms with Crippen LogP contribution in [0.4, 0.5) is 0 Å². The number of hydrogen-bond acceptors (Lipinski definition) is 3. The number of para-hydroxylation sites is 1. The number of nitrogens with zero attached hydrogens (tertiary/aromatic N) is 4. The van der Waals surface area contributed by atoms with E-state index >= 15 is 0 Å². The molecule has 0 atom stereocenters. The van der Waals surface area contributed by atoms with Crippen LogP contribution in [0.15, 0.2) is 53.5 Å². The highest BCUT2D eigenvalue weighted by atomic mass is 16.2. The smallest absolute Gasteiger partial charge is 0.335 e. The number of aromatic nitrogens is 3. The molecule has 6 nitrogen and oxygen atoms in total. The Morgan fingerprint density at radius 2 is 1.92 bits per heavy atom. The molecule has 0 unspecified atom stereocenters. The Balaban J connectivity index is 2.04. The lowest BCUT2D eigenvalue weighted by atomic mass is 10.3. The second-order valence-electron chi connectivity index (χ2n) is 6.05. The summed E-state index contributed by atoms with van der Waals surface area (Å²) in [4.78, 5) is 31.5. The van der Waals surface area contributed by atoms with Crippen LogP contribution in [0.1, 0.15) is 19.8 Å². The van der Waals surface area contributed by atoms with Crippen LogP contribution in [-0.2, 0) is 11.3 Å². The highest BCUT2D eigenvalue weighted by molar-refractivity contribution is 5.80. The Morgan fingerprint density at radius 1 is 1.16 bits per heavy atom. The summed E-state index contributed by atoms with van der Waals surface area (Å²) in [6.45, 7) is 2.79. The number of amides is 1. The highest BCUT2D eigenvalue weighted by Crippen LogP contribution is 2.15. The average molecular weight is 338 g/mol. The monoisotopic (exact) mass is 338 g/mol. The Bertz CT molecular complexity index is 927. The quantitative estimate of drug-likeness (QED) is 0.694. The van der Waals surface area contributed by atoms with Crippen molar-refractivity contribution in [3.63, 3.8) is 0 Å². The van der Waals surface area contributed by atoms with E-state index < -0.39 is 0 Å². The molecule has 1 amide bonds. The molecule has 3 rings (SSSR count). The van der Waals surface area contributed by atoms with E-state index in [2.05, 4.69) is 11.9 Å². The van der Waals surface area contributed by atoms with Crippen molar-refractivity contribution in [2.75, 3.05) is 13.6 Å². The topological polar surface area (TPSA) is 60.1 Å². The zero-order chi connectivity index (χ0) is 17.8. The van der Waals surface area contributed by atoms with Crippen molar-refractivity contribution < 1.29 is 4.79 Å². The van der Waals surface area contributed by atoms with Gasteiger partial charge < -0.3 is 4.90 Å². The number of imidazole rings is 1. The molecule has 0 aliphatic carbocycles. The summed E-state index contributed by atoms with van der Waals surface area (Å²) in [5, 5.41) is 0. The van der Waals surface area contributed by atoms with Crippen molar-refractivity contribution in [3.8, 4) is 5.69 Å². The first-order valence-corrected chi connectivity index (χ1v) is 8.49. The minimum absolute atomic E-state index is 0.0150. The van der Waals surface area contributed by atoms with Gasteiger partial charge in [0.05, 0.1) is 11.2 Å². The first-order chi connectivity index (χ1) is 12.1. The van der Waals surface area contributed by atoms with Gasteiger partial charge in [0, 0.05) is 19.8 Å². The molecule has 0 spiro atoms. The summed E-state index contributed by atoms with van der Waals surface area (Å²) in [5.74, 6) is -0.0773. The predicted molar refractivity (Wildman–Crippen MR) is 97.9 cm³/mol. The highest BCUT2D eigenvalue weighted by Gasteiger charge is 2.18. The molecule has 6 heteroatoms. The molecule has 0 bridgehead atoms. The van der Waals surface area contributed by atoms with E-state index in [1.807, 2.05) is 36.4 Å². The molecule has 130 valence electrons. The first-order valence-electron chi connectivity index (χ1n) is 8.49. The van der Waals surface area contributed by atoms with E-state index in [0.29, 0.717) is 17.7 Å². The first kappa shape index (κ1) is 17.0. The van der Waals surface area contributed by atoms with Crippen LogP contribution in [0.5, 0.6) is 0 Å². The number of hydrogen-bond donors (Lipinski definition) is 0. The third-order valence-electron chi connectivity index (χ3n) is 4.27. The van der Waals surface area contributed by atoms with Crippen LogP contribution < -0.4 is 5.69 Å². The van der Waals surface area contributed by atoms with Gasteiger partial charge in [-0.2, -0.15) is 0 Å². The number of benzene rings is 1. The lowest BCUT2D eigenvalue weighted by molar-refractivity contribution is -0.130. The van der Waals surface area contributed by atoms with Crippen LogP contribution in [-0.4, -0.2) is 38.5 Å². The predicted octanol–water partition coefficient (Wildman–Crippen LogP) is 2.45. The fourth-order valence-electron chi connectivity index (χ4n) is 2.82. The largest absolute Gasteiger partial charge is 0.344 e. The molecule has 0 aliphatic heterocycles. The van der Waals surface area contributed by atoms with E-state index in [1.54, 1.807) is 28.8 Å². The van der Waals surface area contributed by atoms with Gasteiger partial charge in [-0.1, -0.05) is 31.5 Å². The third kappa shape index (κ3) is 3.33. The normalized spacial score (nSPS) is 11.0. The summed E-state index contributed by atoms with van der Waals surface area (Å²) < 4.78 is 3.05. The molecule has 1 aromatic carbocycles. The maximum absolute atomic E-state index is 13.0. The van der Waals surface area contributed by atoms with Crippen molar-refractivity contribution in [2.45, 2.75) is 26.3 Å². The molecule has 0 fully saturated rings. The Kier molecular flexibility index (Phi) is 4.97.